The SMILES string of the molecule is Cn1cnnc1SCC1CC(c2ccc(CO)cc2)OC(c2cccc(NC(=O)CCCCC(=O)O)c2)O1. The van der Waals surface area contributed by atoms with Crippen LogP contribution in [0.25, 0.3) is 0 Å². The number of aliphatic hydroxyl groups excluding tert-OH is 1. The number of aryl methyl sites for hydroxylation is 1. The first-order valence-corrected chi connectivity index (χ1v) is 13.5. The number of benzene rings is 2. The highest BCUT2D eigenvalue weighted by molar-refractivity contribution is 7.99. The Morgan fingerprint density at radius 2 is 1.89 bits per heavy atom. The Hall–Kier alpha value is -3.25. The number of nitrogens with one attached hydrogen (secondary N) is 1. The first-order valence-electron chi connectivity index (χ1n) is 12.5. The van der Waals surface area contributed by atoms with E-state index >= 15 is 0 Å². The first kappa shape index (κ1) is 27.8. The molecule has 0 spiro atoms. The fourth-order valence-corrected chi connectivity index (χ4v) is 5.05. The number of thioether (sulfide) groups is 1. The molecule has 202 valence electrons. The summed E-state index contributed by atoms with van der Waals surface area (Å²) in [7, 11) is 1.90. The van der Waals surface area contributed by atoms with Crippen LogP contribution in [0.5, 0.6) is 0 Å². The third-order valence-electron chi connectivity index (χ3n) is 6.17. The predicted molar refractivity (Wildman–Crippen MR) is 141 cm³/mol. The van der Waals surface area contributed by atoms with Crippen molar-refractivity contribution in [1.29, 1.82) is 0 Å². The molecule has 11 heteroatoms. The summed E-state index contributed by atoms with van der Waals surface area (Å²) in [6, 6.07) is 15.1. The Labute approximate surface area is 225 Å². The van der Waals surface area contributed by atoms with E-state index < -0.39 is 12.3 Å². The zero-order valence-corrected chi connectivity index (χ0v) is 22.0. The van der Waals surface area contributed by atoms with Crippen molar-refractivity contribution < 1.29 is 29.3 Å². The van der Waals surface area contributed by atoms with Gasteiger partial charge in [0.2, 0.25) is 5.91 Å². The molecule has 1 aliphatic rings. The quantitative estimate of drug-likeness (QED) is 0.228. The topological polar surface area (TPSA) is 136 Å². The standard InChI is InChI=1S/C27H32N4O6S/c1-31-17-28-30-27(31)38-16-22-14-23(19-11-9-18(15-32)10-12-19)37-26(36-22)20-5-4-6-21(13-20)29-24(33)7-2-3-8-25(34)35/h4-6,9-13,17,22-23,26,32H,2-3,7-8,14-16H2,1H3,(H,29,33)(H,34,35). The van der Waals surface area contributed by atoms with Crippen LogP contribution in [0, 0.1) is 0 Å². The second kappa shape index (κ2) is 13.5. The summed E-state index contributed by atoms with van der Waals surface area (Å²) in [6.45, 7) is -0.0213. The second-order valence-electron chi connectivity index (χ2n) is 9.16. The monoisotopic (exact) mass is 540 g/mol. The van der Waals surface area contributed by atoms with Crippen LogP contribution in [-0.2, 0) is 32.7 Å². The summed E-state index contributed by atoms with van der Waals surface area (Å²) >= 11 is 1.57. The number of carboxylic acid groups (broad SMARTS) is 1. The molecule has 38 heavy (non-hydrogen) atoms. The zero-order valence-electron chi connectivity index (χ0n) is 21.2. The van der Waals surface area contributed by atoms with E-state index in [4.69, 9.17) is 14.6 Å². The number of aliphatic hydroxyl groups is 1. The molecule has 1 fully saturated rings. The molecule has 0 aliphatic carbocycles. The van der Waals surface area contributed by atoms with Crippen LogP contribution >= 0.6 is 11.8 Å². The van der Waals surface area contributed by atoms with Gasteiger partial charge in [0.05, 0.1) is 18.8 Å². The van der Waals surface area contributed by atoms with Gasteiger partial charge in [0, 0.05) is 43.3 Å². The van der Waals surface area contributed by atoms with Gasteiger partial charge in [-0.25, -0.2) is 0 Å². The normalized spacial score (nSPS) is 19.3. The highest BCUT2D eigenvalue weighted by atomic mass is 32.2. The van der Waals surface area contributed by atoms with Crippen LogP contribution in [0.1, 0.15) is 61.2 Å². The van der Waals surface area contributed by atoms with Crippen LogP contribution in [0.15, 0.2) is 60.0 Å². The number of nitrogens with zero attached hydrogens (tertiary/aromatic N) is 3. The van der Waals surface area contributed by atoms with E-state index in [2.05, 4.69) is 15.5 Å². The Morgan fingerprint density at radius 1 is 1.11 bits per heavy atom. The molecule has 0 saturated carbocycles. The number of hydrogen-bond acceptors (Lipinski definition) is 8. The molecule has 0 radical (unpaired) electrons. The molecule has 3 unspecified atom stereocenters. The lowest BCUT2D eigenvalue weighted by atomic mass is 10.0. The molecular weight excluding hydrogens is 508 g/mol. The predicted octanol–water partition coefficient (Wildman–Crippen LogP) is 4.23. The molecule has 3 N–H and O–H groups in total. The molecule has 4 rings (SSSR count). The highest BCUT2D eigenvalue weighted by Crippen LogP contribution is 2.39. The van der Waals surface area contributed by atoms with Gasteiger partial charge < -0.3 is 29.6 Å². The number of carbonyl (C=O) groups is 2. The van der Waals surface area contributed by atoms with Crippen molar-refractivity contribution in [3.8, 4) is 0 Å². The van der Waals surface area contributed by atoms with Gasteiger partial charge in [0.15, 0.2) is 11.4 Å². The van der Waals surface area contributed by atoms with E-state index in [1.165, 1.54) is 0 Å². The van der Waals surface area contributed by atoms with E-state index in [-0.39, 0.29) is 37.6 Å². The summed E-state index contributed by atoms with van der Waals surface area (Å²) < 4.78 is 14.6. The largest absolute Gasteiger partial charge is 0.481 e. The molecule has 1 saturated heterocycles. The number of rotatable bonds is 12. The molecule has 1 aliphatic heterocycles. The lowest BCUT2D eigenvalue weighted by Crippen LogP contribution is -2.31. The molecule has 1 aromatic heterocycles. The molecular formula is C27H32N4O6S. The number of aromatic nitrogens is 3. The fraction of sp³-hybridized carbons (Fsp3) is 0.407. The van der Waals surface area contributed by atoms with Gasteiger partial charge in [-0.15, -0.1) is 10.2 Å². The van der Waals surface area contributed by atoms with E-state index in [0.717, 1.165) is 21.8 Å². The number of carbonyl (C=O) groups excluding carboxylic acids is 1. The van der Waals surface area contributed by atoms with E-state index in [9.17, 15) is 14.7 Å². The first-order chi connectivity index (χ1) is 18.4. The number of aliphatic carboxylic acids is 1. The van der Waals surface area contributed by atoms with Gasteiger partial charge >= 0.3 is 5.97 Å². The summed E-state index contributed by atoms with van der Waals surface area (Å²) in [5.74, 6) is -0.371. The van der Waals surface area contributed by atoms with E-state index in [0.29, 0.717) is 30.7 Å². The Kier molecular flexibility index (Phi) is 9.88. The van der Waals surface area contributed by atoms with Gasteiger partial charge in [-0.05, 0) is 36.1 Å². The second-order valence-corrected chi connectivity index (χ2v) is 10.1. The number of anilines is 1. The van der Waals surface area contributed by atoms with Gasteiger partial charge in [0.25, 0.3) is 0 Å². The van der Waals surface area contributed by atoms with Gasteiger partial charge in [-0.1, -0.05) is 48.2 Å². The van der Waals surface area contributed by atoms with Gasteiger partial charge in [0.1, 0.15) is 6.33 Å². The van der Waals surface area contributed by atoms with Crippen molar-refractivity contribution in [2.24, 2.45) is 7.05 Å². The average Bonchev–Trinajstić information content (AvgIpc) is 3.34. The minimum absolute atomic E-state index is 0.0213. The maximum atomic E-state index is 12.4. The van der Waals surface area contributed by atoms with Crippen LogP contribution in [0.3, 0.4) is 0 Å². The van der Waals surface area contributed by atoms with Crippen molar-refractivity contribution in [3.63, 3.8) is 0 Å². The minimum Gasteiger partial charge on any atom is -0.481 e. The number of carboxylic acids is 1. The number of unbranched alkanes of at least 4 members (excludes halogenated alkanes) is 1. The number of ether oxygens (including phenoxy) is 2. The van der Waals surface area contributed by atoms with Crippen molar-refractivity contribution in [1.82, 2.24) is 14.8 Å². The molecule has 3 aromatic rings. The number of amides is 1. The minimum atomic E-state index is -0.860. The molecule has 3 atom stereocenters. The highest BCUT2D eigenvalue weighted by Gasteiger charge is 2.32. The average molecular weight is 541 g/mol. The maximum Gasteiger partial charge on any atom is 0.303 e. The van der Waals surface area contributed by atoms with Crippen molar-refractivity contribution in [2.45, 2.75) is 62.4 Å². The van der Waals surface area contributed by atoms with Crippen molar-refractivity contribution in [3.05, 3.63) is 71.5 Å². The molecule has 1 amide bonds. The molecule has 10 nitrogen and oxygen atoms in total. The van der Waals surface area contributed by atoms with E-state index in [1.807, 2.05) is 54.1 Å². The lowest BCUT2D eigenvalue weighted by Gasteiger charge is -2.36. The van der Waals surface area contributed by atoms with Gasteiger partial charge in [-0.2, -0.15) is 0 Å². The van der Waals surface area contributed by atoms with Crippen LogP contribution in [-0.4, -0.2) is 48.7 Å². The third kappa shape index (κ3) is 7.87. The zero-order chi connectivity index (χ0) is 26.9. The van der Waals surface area contributed by atoms with Gasteiger partial charge in [-0.3, -0.25) is 9.59 Å². The summed E-state index contributed by atoms with van der Waals surface area (Å²) in [5.41, 5.74) is 3.23. The van der Waals surface area contributed by atoms with Crippen LogP contribution < -0.4 is 5.32 Å². The van der Waals surface area contributed by atoms with E-state index in [1.54, 1.807) is 24.2 Å². The molecule has 0 bridgehead atoms. The fourth-order valence-electron chi connectivity index (χ4n) is 4.14. The van der Waals surface area contributed by atoms with Crippen molar-refractivity contribution >= 4 is 29.3 Å². The number of hydrogen-bond donors (Lipinski definition) is 3. The molecule has 2 heterocycles. The van der Waals surface area contributed by atoms with Crippen LogP contribution in [0.2, 0.25) is 0 Å². The summed E-state index contributed by atoms with van der Waals surface area (Å²) in [4.78, 5) is 23.0. The Bertz CT molecular complexity index is 1220. The lowest BCUT2D eigenvalue weighted by molar-refractivity contribution is -0.245. The molecule has 2 aromatic carbocycles. The Morgan fingerprint density at radius 3 is 2.61 bits per heavy atom. The van der Waals surface area contributed by atoms with Crippen molar-refractivity contribution in [2.75, 3.05) is 11.1 Å². The maximum absolute atomic E-state index is 12.4. The smallest absolute Gasteiger partial charge is 0.303 e. The Balaban J connectivity index is 1.45. The summed E-state index contributed by atoms with van der Waals surface area (Å²) in [6.07, 6.45) is 2.57. The third-order valence-corrected chi connectivity index (χ3v) is 7.34. The van der Waals surface area contributed by atoms with Crippen LogP contribution in [0.4, 0.5) is 5.69 Å². The summed E-state index contributed by atoms with van der Waals surface area (Å²) in [5, 5.41) is 29.9.